The van der Waals surface area contributed by atoms with E-state index in [0.29, 0.717) is 11.4 Å². The number of nitrogens with one attached hydrogen (secondary N) is 1. The topological polar surface area (TPSA) is 80.9 Å². The SMILES string of the molecule is CNC(=O)c1cc(-c2cncc(-c3cc(N)ccc3C)c2)ccn1. The molecule has 0 saturated carbocycles. The molecular weight excluding hydrogens is 300 g/mol. The van der Waals surface area contributed by atoms with Crippen molar-refractivity contribution in [2.24, 2.45) is 0 Å². The van der Waals surface area contributed by atoms with Crippen molar-refractivity contribution in [2.75, 3.05) is 12.8 Å². The number of nitrogens with two attached hydrogens (primary N) is 1. The first-order chi connectivity index (χ1) is 11.6. The summed E-state index contributed by atoms with van der Waals surface area (Å²) in [6.07, 6.45) is 5.21. The molecule has 0 saturated heterocycles. The predicted molar refractivity (Wildman–Crippen MR) is 95.4 cm³/mol. The average molecular weight is 318 g/mol. The van der Waals surface area contributed by atoms with Gasteiger partial charge in [0, 0.05) is 42.5 Å². The second-order valence-corrected chi connectivity index (χ2v) is 5.55. The Bertz CT molecular complexity index is 905. The number of carbonyl (C=O) groups is 1. The van der Waals surface area contributed by atoms with Crippen molar-refractivity contribution in [3.8, 4) is 22.3 Å². The summed E-state index contributed by atoms with van der Waals surface area (Å²) in [5.74, 6) is -0.215. The van der Waals surface area contributed by atoms with Crippen LogP contribution < -0.4 is 11.1 Å². The van der Waals surface area contributed by atoms with Crippen LogP contribution >= 0.6 is 0 Å². The maximum Gasteiger partial charge on any atom is 0.269 e. The Hall–Kier alpha value is -3.21. The van der Waals surface area contributed by atoms with Crippen molar-refractivity contribution < 1.29 is 4.79 Å². The van der Waals surface area contributed by atoms with E-state index in [4.69, 9.17) is 5.73 Å². The summed E-state index contributed by atoms with van der Waals surface area (Å²) in [6.45, 7) is 2.04. The number of aromatic nitrogens is 2. The molecule has 3 rings (SSSR count). The van der Waals surface area contributed by atoms with Crippen LogP contribution in [0.2, 0.25) is 0 Å². The highest BCUT2D eigenvalue weighted by Crippen LogP contribution is 2.28. The molecule has 0 aliphatic rings. The smallest absolute Gasteiger partial charge is 0.269 e. The fourth-order valence-electron chi connectivity index (χ4n) is 2.56. The van der Waals surface area contributed by atoms with E-state index in [-0.39, 0.29) is 5.91 Å². The van der Waals surface area contributed by atoms with E-state index in [2.05, 4.69) is 15.3 Å². The number of hydrogen-bond donors (Lipinski definition) is 2. The van der Waals surface area contributed by atoms with Crippen molar-refractivity contribution in [1.82, 2.24) is 15.3 Å². The number of benzene rings is 1. The van der Waals surface area contributed by atoms with Gasteiger partial charge in [0.25, 0.3) is 5.91 Å². The summed E-state index contributed by atoms with van der Waals surface area (Å²) in [6, 6.07) is 11.5. The Balaban J connectivity index is 2.05. The quantitative estimate of drug-likeness (QED) is 0.727. The van der Waals surface area contributed by atoms with Crippen LogP contribution in [0.25, 0.3) is 22.3 Å². The van der Waals surface area contributed by atoms with Gasteiger partial charge in [0.1, 0.15) is 5.69 Å². The number of hydrogen-bond acceptors (Lipinski definition) is 4. The molecule has 0 aliphatic carbocycles. The standard InChI is InChI=1S/C19H18N4O/c1-12-3-4-16(20)9-17(12)15-7-14(10-22-11-15)13-5-6-23-18(8-13)19(24)21-2/h3-11H,20H2,1-2H3,(H,21,24). The summed E-state index contributed by atoms with van der Waals surface area (Å²) in [5, 5.41) is 2.58. The van der Waals surface area contributed by atoms with E-state index in [9.17, 15) is 4.79 Å². The molecule has 5 nitrogen and oxygen atoms in total. The van der Waals surface area contributed by atoms with Gasteiger partial charge in [0.05, 0.1) is 0 Å². The average Bonchev–Trinajstić information content (AvgIpc) is 2.63. The Labute approximate surface area is 140 Å². The molecule has 0 unspecified atom stereocenters. The van der Waals surface area contributed by atoms with Gasteiger partial charge < -0.3 is 11.1 Å². The van der Waals surface area contributed by atoms with Crippen molar-refractivity contribution in [2.45, 2.75) is 6.92 Å². The third kappa shape index (κ3) is 3.10. The lowest BCUT2D eigenvalue weighted by molar-refractivity contribution is 0.0958. The Morgan fingerprint density at radius 2 is 1.83 bits per heavy atom. The van der Waals surface area contributed by atoms with Crippen LogP contribution in [0.15, 0.2) is 55.0 Å². The molecule has 0 radical (unpaired) electrons. The zero-order chi connectivity index (χ0) is 17.1. The lowest BCUT2D eigenvalue weighted by atomic mass is 9.98. The molecular formula is C19H18N4O. The molecule has 0 bridgehead atoms. The van der Waals surface area contributed by atoms with Gasteiger partial charge in [-0.1, -0.05) is 6.07 Å². The summed E-state index contributed by atoms with van der Waals surface area (Å²) >= 11 is 0. The fraction of sp³-hybridized carbons (Fsp3) is 0.105. The minimum Gasteiger partial charge on any atom is -0.399 e. The molecule has 120 valence electrons. The molecule has 1 aromatic carbocycles. The molecule has 2 aromatic heterocycles. The van der Waals surface area contributed by atoms with Crippen LogP contribution in [-0.4, -0.2) is 22.9 Å². The number of anilines is 1. The molecule has 1 amide bonds. The molecule has 0 spiro atoms. The molecule has 2 heterocycles. The highest BCUT2D eigenvalue weighted by atomic mass is 16.1. The third-order valence-corrected chi connectivity index (χ3v) is 3.86. The van der Waals surface area contributed by atoms with E-state index in [1.165, 1.54) is 0 Å². The first kappa shape index (κ1) is 15.7. The molecule has 0 atom stereocenters. The van der Waals surface area contributed by atoms with Gasteiger partial charge >= 0.3 is 0 Å². The Kier molecular flexibility index (Phi) is 4.24. The number of amides is 1. The summed E-state index contributed by atoms with van der Waals surface area (Å²) in [5.41, 5.74) is 12.0. The number of pyridine rings is 2. The minimum atomic E-state index is -0.215. The zero-order valence-electron chi connectivity index (χ0n) is 13.6. The highest BCUT2D eigenvalue weighted by molar-refractivity contribution is 5.93. The maximum atomic E-state index is 11.8. The monoisotopic (exact) mass is 318 g/mol. The number of aryl methyl sites for hydroxylation is 1. The van der Waals surface area contributed by atoms with Crippen molar-refractivity contribution in [3.05, 3.63) is 66.2 Å². The van der Waals surface area contributed by atoms with E-state index in [1.807, 2.05) is 43.5 Å². The van der Waals surface area contributed by atoms with Gasteiger partial charge in [-0.2, -0.15) is 0 Å². The Morgan fingerprint density at radius 3 is 2.62 bits per heavy atom. The first-order valence-corrected chi connectivity index (χ1v) is 7.58. The van der Waals surface area contributed by atoms with E-state index in [0.717, 1.165) is 27.8 Å². The summed E-state index contributed by atoms with van der Waals surface area (Å²) in [4.78, 5) is 20.2. The van der Waals surface area contributed by atoms with Crippen molar-refractivity contribution >= 4 is 11.6 Å². The second-order valence-electron chi connectivity index (χ2n) is 5.55. The normalized spacial score (nSPS) is 10.4. The number of nitrogen functional groups attached to an aromatic ring is 1. The lowest BCUT2D eigenvalue weighted by Crippen LogP contribution is -2.19. The van der Waals surface area contributed by atoms with Gasteiger partial charge in [0.2, 0.25) is 0 Å². The van der Waals surface area contributed by atoms with Gasteiger partial charge in [-0.25, -0.2) is 0 Å². The largest absolute Gasteiger partial charge is 0.399 e. The van der Waals surface area contributed by atoms with Crippen LogP contribution in [-0.2, 0) is 0 Å². The molecule has 0 aliphatic heterocycles. The Morgan fingerprint density at radius 1 is 1.04 bits per heavy atom. The van der Waals surface area contributed by atoms with Crippen molar-refractivity contribution in [1.29, 1.82) is 0 Å². The lowest BCUT2D eigenvalue weighted by Gasteiger charge is -2.09. The second kappa shape index (κ2) is 6.50. The van der Waals surface area contributed by atoms with E-state index < -0.39 is 0 Å². The van der Waals surface area contributed by atoms with Crippen LogP contribution in [0.5, 0.6) is 0 Å². The first-order valence-electron chi connectivity index (χ1n) is 7.58. The molecule has 3 aromatic rings. The molecule has 5 heteroatoms. The highest BCUT2D eigenvalue weighted by Gasteiger charge is 2.09. The third-order valence-electron chi connectivity index (χ3n) is 3.86. The van der Waals surface area contributed by atoms with Crippen LogP contribution in [0, 0.1) is 6.92 Å². The molecule has 24 heavy (non-hydrogen) atoms. The van der Waals surface area contributed by atoms with Gasteiger partial charge in [-0.05, 0) is 53.9 Å². The molecule has 3 N–H and O–H groups in total. The number of rotatable bonds is 3. The fourth-order valence-corrected chi connectivity index (χ4v) is 2.56. The van der Waals surface area contributed by atoms with Crippen LogP contribution in [0.3, 0.4) is 0 Å². The number of nitrogens with zero attached hydrogens (tertiary/aromatic N) is 2. The number of carbonyl (C=O) groups excluding carboxylic acids is 1. The zero-order valence-corrected chi connectivity index (χ0v) is 13.6. The maximum absolute atomic E-state index is 11.8. The van der Waals surface area contributed by atoms with E-state index >= 15 is 0 Å². The predicted octanol–water partition coefficient (Wildman–Crippen LogP) is 3.06. The van der Waals surface area contributed by atoms with Gasteiger partial charge in [-0.15, -0.1) is 0 Å². The van der Waals surface area contributed by atoms with Gasteiger partial charge in [-0.3, -0.25) is 14.8 Å². The van der Waals surface area contributed by atoms with Crippen molar-refractivity contribution in [3.63, 3.8) is 0 Å². The minimum absolute atomic E-state index is 0.215. The summed E-state index contributed by atoms with van der Waals surface area (Å²) in [7, 11) is 1.58. The van der Waals surface area contributed by atoms with Crippen LogP contribution in [0.1, 0.15) is 16.1 Å². The van der Waals surface area contributed by atoms with Gasteiger partial charge in [0.15, 0.2) is 0 Å². The van der Waals surface area contributed by atoms with Crippen LogP contribution in [0.4, 0.5) is 5.69 Å². The molecule has 0 fully saturated rings. The summed E-state index contributed by atoms with van der Waals surface area (Å²) < 4.78 is 0. The van der Waals surface area contributed by atoms with E-state index in [1.54, 1.807) is 25.5 Å².